The van der Waals surface area contributed by atoms with Crippen molar-refractivity contribution in [2.45, 2.75) is 24.9 Å². The summed E-state index contributed by atoms with van der Waals surface area (Å²) in [5.74, 6) is -0.366. The molecule has 0 radical (unpaired) electrons. The molecular weight excluding hydrogens is 208 g/mol. The third kappa shape index (κ3) is 2.25. The first-order chi connectivity index (χ1) is 7.69. The van der Waals surface area contributed by atoms with E-state index in [2.05, 4.69) is 15.0 Å². The number of methoxy groups -OCH3 is 1. The summed E-state index contributed by atoms with van der Waals surface area (Å²) in [4.78, 5) is 14.2. The second kappa shape index (κ2) is 4.27. The Bertz CT molecular complexity index is 382. The zero-order valence-corrected chi connectivity index (χ0v) is 9.25. The summed E-state index contributed by atoms with van der Waals surface area (Å²) in [6, 6.07) is 3.54. The van der Waals surface area contributed by atoms with Gasteiger partial charge in [-0.15, -0.1) is 0 Å². The predicted molar refractivity (Wildman–Crippen MR) is 58.0 cm³/mol. The molecule has 0 atom stereocenters. The Labute approximate surface area is 93.8 Å². The lowest BCUT2D eigenvalue weighted by Gasteiger charge is -2.12. The van der Waals surface area contributed by atoms with Crippen molar-refractivity contribution in [2.24, 2.45) is 0 Å². The fraction of sp³-hybridized carbons (Fsp3) is 0.545. The largest absolute Gasteiger partial charge is 0.464 e. The molecule has 1 aromatic rings. The number of esters is 1. The Hall–Kier alpha value is -1.33. The first kappa shape index (κ1) is 11.2. The van der Waals surface area contributed by atoms with Crippen LogP contribution in [0.3, 0.4) is 0 Å². The highest BCUT2D eigenvalue weighted by Crippen LogP contribution is 2.34. The number of carbonyl (C=O) groups is 1. The van der Waals surface area contributed by atoms with E-state index in [1.54, 1.807) is 6.07 Å². The Morgan fingerprint density at radius 3 is 2.94 bits per heavy atom. The van der Waals surface area contributed by atoms with Crippen LogP contribution in [0.15, 0.2) is 12.1 Å². The SMILES string of the molecule is COC(=O)c1ccc(CNC2(CO)CC2)[nH]1. The first-order valence-corrected chi connectivity index (χ1v) is 5.31. The van der Waals surface area contributed by atoms with E-state index in [0.717, 1.165) is 18.5 Å². The Morgan fingerprint density at radius 2 is 2.38 bits per heavy atom. The van der Waals surface area contributed by atoms with Crippen molar-refractivity contribution in [1.82, 2.24) is 10.3 Å². The molecule has 0 bridgehead atoms. The maximum atomic E-state index is 11.2. The van der Waals surface area contributed by atoms with E-state index in [4.69, 9.17) is 5.11 Å². The predicted octanol–water partition coefficient (Wildman–Crippen LogP) is 0.416. The van der Waals surface area contributed by atoms with Gasteiger partial charge in [-0.25, -0.2) is 4.79 Å². The Morgan fingerprint density at radius 1 is 1.62 bits per heavy atom. The van der Waals surface area contributed by atoms with Crippen LogP contribution in [0, 0.1) is 0 Å². The van der Waals surface area contributed by atoms with E-state index in [1.165, 1.54) is 7.11 Å². The minimum absolute atomic E-state index is 0.0868. The Kier molecular flexibility index (Phi) is 2.98. The van der Waals surface area contributed by atoms with Crippen LogP contribution in [0.25, 0.3) is 0 Å². The molecule has 3 N–H and O–H groups in total. The number of aromatic nitrogens is 1. The smallest absolute Gasteiger partial charge is 0.354 e. The molecule has 0 unspecified atom stereocenters. The van der Waals surface area contributed by atoms with Crippen molar-refractivity contribution < 1.29 is 14.6 Å². The lowest BCUT2D eigenvalue weighted by atomic mass is 10.3. The molecular formula is C11H16N2O3. The molecule has 0 spiro atoms. The summed E-state index contributed by atoms with van der Waals surface area (Å²) in [6.45, 7) is 0.787. The van der Waals surface area contributed by atoms with E-state index < -0.39 is 0 Å². The highest BCUT2D eigenvalue weighted by atomic mass is 16.5. The van der Waals surface area contributed by atoms with Gasteiger partial charge in [0, 0.05) is 17.8 Å². The van der Waals surface area contributed by atoms with Crippen LogP contribution in [0.5, 0.6) is 0 Å². The van der Waals surface area contributed by atoms with Crippen LogP contribution >= 0.6 is 0 Å². The second-order valence-electron chi connectivity index (χ2n) is 4.18. The molecule has 88 valence electrons. The monoisotopic (exact) mass is 224 g/mol. The van der Waals surface area contributed by atoms with Gasteiger partial charge in [0.05, 0.1) is 13.7 Å². The van der Waals surface area contributed by atoms with Gasteiger partial charge in [-0.05, 0) is 25.0 Å². The average molecular weight is 224 g/mol. The fourth-order valence-electron chi connectivity index (χ4n) is 1.60. The molecule has 1 fully saturated rings. The number of nitrogens with one attached hydrogen (secondary N) is 2. The van der Waals surface area contributed by atoms with Crippen LogP contribution in [-0.2, 0) is 11.3 Å². The van der Waals surface area contributed by atoms with Crippen molar-refractivity contribution in [2.75, 3.05) is 13.7 Å². The number of aliphatic hydroxyl groups is 1. The van der Waals surface area contributed by atoms with Crippen molar-refractivity contribution in [3.8, 4) is 0 Å². The van der Waals surface area contributed by atoms with Crippen LogP contribution in [0.4, 0.5) is 0 Å². The number of rotatable bonds is 5. The first-order valence-electron chi connectivity index (χ1n) is 5.31. The summed E-state index contributed by atoms with van der Waals surface area (Å²) in [5, 5.41) is 12.4. The van der Waals surface area contributed by atoms with E-state index in [-0.39, 0.29) is 18.1 Å². The standard InChI is InChI=1S/C11H16N2O3/c1-16-10(15)9-3-2-8(13-9)6-12-11(7-14)4-5-11/h2-3,12-14H,4-7H2,1H3. The fourth-order valence-corrected chi connectivity index (χ4v) is 1.60. The van der Waals surface area contributed by atoms with Crippen LogP contribution in [0.1, 0.15) is 29.0 Å². The maximum Gasteiger partial charge on any atom is 0.354 e. The van der Waals surface area contributed by atoms with Gasteiger partial charge >= 0.3 is 5.97 Å². The summed E-state index contributed by atoms with van der Waals surface area (Å²) >= 11 is 0. The van der Waals surface area contributed by atoms with Gasteiger partial charge in [-0.3, -0.25) is 0 Å². The van der Waals surface area contributed by atoms with E-state index in [9.17, 15) is 4.79 Å². The van der Waals surface area contributed by atoms with Gasteiger partial charge in [0.2, 0.25) is 0 Å². The third-order valence-electron chi connectivity index (χ3n) is 2.96. The van der Waals surface area contributed by atoms with Crippen molar-refractivity contribution in [3.63, 3.8) is 0 Å². The van der Waals surface area contributed by atoms with E-state index in [0.29, 0.717) is 12.2 Å². The van der Waals surface area contributed by atoms with Gasteiger partial charge in [0.1, 0.15) is 5.69 Å². The second-order valence-corrected chi connectivity index (χ2v) is 4.18. The molecule has 0 aliphatic heterocycles. The van der Waals surface area contributed by atoms with Crippen LogP contribution in [-0.4, -0.2) is 35.3 Å². The molecule has 1 aliphatic rings. The molecule has 1 aliphatic carbocycles. The quantitative estimate of drug-likeness (QED) is 0.633. The van der Waals surface area contributed by atoms with Crippen LogP contribution in [0.2, 0.25) is 0 Å². The van der Waals surface area contributed by atoms with E-state index in [1.807, 2.05) is 6.07 Å². The van der Waals surface area contributed by atoms with Crippen molar-refractivity contribution in [1.29, 1.82) is 0 Å². The molecule has 0 amide bonds. The zero-order valence-electron chi connectivity index (χ0n) is 9.25. The zero-order chi connectivity index (χ0) is 11.6. The lowest BCUT2D eigenvalue weighted by Crippen LogP contribution is -2.34. The number of aliphatic hydroxyl groups excluding tert-OH is 1. The van der Waals surface area contributed by atoms with Gasteiger partial charge in [0.15, 0.2) is 0 Å². The highest BCUT2D eigenvalue weighted by molar-refractivity contribution is 5.87. The summed E-state index contributed by atoms with van der Waals surface area (Å²) in [5.41, 5.74) is 1.28. The molecule has 2 rings (SSSR count). The third-order valence-corrected chi connectivity index (χ3v) is 2.96. The number of H-pyrrole nitrogens is 1. The molecule has 5 heteroatoms. The maximum absolute atomic E-state index is 11.2. The molecule has 0 saturated heterocycles. The van der Waals surface area contributed by atoms with E-state index >= 15 is 0 Å². The van der Waals surface area contributed by atoms with Gasteiger partial charge in [-0.2, -0.15) is 0 Å². The number of ether oxygens (including phenoxy) is 1. The minimum Gasteiger partial charge on any atom is -0.464 e. The number of aromatic amines is 1. The normalized spacial score (nSPS) is 17.1. The highest BCUT2D eigenvalue weighted by Gasteiger charge is 2.41. The van der Waals surface area contributed by atoms with Gasteiger partial charge < -0.3 is 20.1 Å². The lowest BCUT2D eigenvalue weighted by molar-refractivity contribution is 0.0594. The van der Waals surface area contributed by atoms with Gasteiger partial charge in [-0.1, -0.05) is 0 Å². The molecule has 1 aromatic heterocycles. The van der Waals surface area contributed by atoms with Crippen LogP contribution < -0.4 is 5.32 Å². The number of carbonyl (C=O) groups excluding carboxylic acids is 1. The molecule has 1 saturated carbocycles. The topological polar surface area (TPSA) is 74.3 Å². The molecule has 16 heavy (non-hydrogen) atoms. The number of hydrogen-bond acceptors (Lipinski definition) is 4. The number of hydrogen-bond donors (Lipinski definition) is 3. The van der Waals surface area contributed by atoms with Crippen molar-refractivity contribution in [3.05, 3.63) is 23.5 Å². The summed E-state index contributed by atoms with van der Waals surface area (Å²) in [7, 11) is 1.35. The summed E-state index contributed by atoms with van der Waals surface area (Å²) < 4.78 is 4.60. The summed E-state index contributed by atoms with van der Waals surface area (Å²) in [6.07, 6.45) is 2.02. The molecule has 5 nitrogen and oxygen atoms in total. The molecule has 0 aromatic carbocycles. The average Bonchev–Trinajstić information content (AvgIpc) is 2.95. The Balaban J connectivity index is 1.90. The molecule has 1 heterocycles. The minimum atomic E-state index is -0.366. The van der Waals surface area contributed by atoms with Gasteiger partial charge in [0.25, 0.3) is 0 Å². The van der Waals surface area contributed by atoms with Crippen molar-refractivity contribution >= 4 is 5.97 Å².